The van der Waals surface area contributed by atoms with Crippen molar-refractivity contribution in [1.82, 2.24) is 5.32 Å². The number of ether oxygens (including phenoxy) is 2. The van der Waals surface area contributed by atoms with Gasteiger partial charge in [0.1, 0.15) is 24.4 Å². The number of aliphatic hydroxyl groups excluding tert-OH is 5. The fraction of sp³-hybridized carbons (Fsp3) is 0.672. The highest BCUT2D eigenvalue weighted by atomic mass is 16.7. The number of nitrogens with one attached hydrogen (secondary N) is 1. The van der Waals surface area contributed by atoms with Gasteiger partial charge in [-0.2, -0.15) is 0 Å². The summed E-state index contributed by atoms with van der Waals surface area (Å²) in [6, 6.07) is -0.838. The maximum atomic E-state index is 13.1. The van der Waals surface area contributed by atoms with Crippen LogP contribution >= 0.6 is 0 Å². The van der Waals surface area contributed by atoms with Crippen LogP contribution in [0.2, 0.25) is 0 Å². The Hall–Kier alpha value is -3.41. The van der Waals surface area contributed by atoms with Gasteiger partial charge in [-0.15, -0.1) is 0 Å². The first kappa shape index (κ1) is 67.6. The van der Waals surface area contributed by atoms with E-state index in [1.807, 2.05) is 6.08 Å². The number of carbonyl (C=O) groups excluding carboxylic acids is 1. The van der Waals surface area contributed by atoms with Crippen LogP contribution in [-0.2, 0) is 14.3 Å². The third-order valence-electron chi connectivity index (χ3n) is 13.0. The molecule has 0 aromatic rings. The minimum Gasteiger partial charge on any atom is -0.394 e. The molecule has 7 atom stereocenters. The Bertz CT molecular complexity index is 1560. The van der Waals surface area contributed by atoms with E-state index in [2.05, 4.69) is 129 Å². The maximum absolute atomic E-state index is 13.1. The van der Waals surface area contributed by atoms with Gasteiger partial charge in [-0.05, 0) is 103 Å². The second kappa shape index (κ2) is 52.0. The van der Waals surface area contributed by atoms with Crippen molar-refractivity contribution < 1.29 is 39.8 Å². The molecule has 1 rings (SSSR count). The molecule has 73 heavy (non-hydrogen) atoms. The molecule has 0 aromatic carbocycles. The van der Waals surface area contributed by atoms with Crippen LogP contribution in [0.5, 0.6) is 0 Å². The van der Waals surface area contributed by atoms with Crippen molar-refractivity contribution in [2.24, 2.45) is 0 Å². The first-order chi connectivity index (χ1) is 35.8. The Labute approximate surface area is 446 Å². The zero-order chi connectivity index (χ0) is 52.9. The molecule has 1 aliphatic rings. The molecule has 1 saturated heterocycles. The van der Waals surface area contributed by atoms with Crippen molar-refractivity contribution in [3.63, 3.8) is 0 Å². The third-order valence-corrected chi connectivity index (χ3v) is 13.0. The van der Waals surface area contributed by atoms with Crippen LogP contribution in [0, 0.1) is 0 Å². The van der Waals surface area contributed by atoms with E-state index in [1.165, 1.54) is 89.9 Å². The Morgan fingerprint density at radius 2 is 0.863 bits per heavy atom. The summed E-state index contributed by atoms with van der Waals surface area (Å²) < 4.78 is 11.2. The highest BCUT2D eigenvalue weighted by Crippen LogP contribution is 2.23. The average Bonchev–Trinajstić information content (AvgIpc) is 3.39. The molecular formula is C64H107NO8. The first-order valence-electron chi connectivity index (χ1n) is 29.3. The van der Waals surface area contributed by atoms with Gasteiger partial charge >= 0.3 is 0 Å². The number of unbranched alkanes of at least 4 members (excludes halogenated alkanes) is 20. The monoisotopic (exact) mass is 1020 g/mol. The second-order valence-corrected chi connectivity index (χ2v) is 19.7. The van der Waals surface area contributed by atoms with E-state index < -0.39 is 49.5 Å². The average molecular weight is 1020 g/mol. The van der Waals surface area contributed by atoms with Gasteiger partial charge in [-0.25, -0.2) is 0 Å². The summed E-state index contributed by atoms with van der Waals surface area (Å²) in [6.07, 6.45) is 71.2. The standard InChI is InChI=1S/C64H107NO8/c1-3-5-7-9-11-13-15-17-19-21-22-23-24-25-26-27-28-29-30-31-32-33-34-35-36-38-40-42-44-46-48-50-52-54-60(68)65-57(56-72-64-63(71)62(70)61(69)59(55-66)73-64)58(67)53-51-49-47-45-43-41-39-37-20-18-16-14-12-10-8-6-4-2/h5,7,11,13,17,19-20,22-23,25-26,28-29,31-32,37,43,45,51,53,57-59,61-64,66-67,69-71H,3-4,6,8-10,12,14-16,18,21,24,27,30,33-36,38-42,44,46-50,52,54-56H2,1-2H3,(H,65,68)/b7-5-,13-11-,19-17-,23-22-,26-25-,29-28-,32-31-,37-20+,45-43+,53-51+. The number of rotatable bonds is 48. The molecule has 9 heteroatoms. The largest absolute Gasteiger partial charge is 0.394 e. The smallest absolute Gasteiger partial charge is 0.220 e. The van der Waals surface area contributed by atoms with Crippen molar-refractivity contribution in [2.75, 3.05) is 13.2 Å². The summed E-state index contributed by atoms with van der Waals surface area (Å²) in [5, 5.41) is 54.5. The number of allylic oxidation sites excluding steroid dienone is 19. The molecule has 416 valence electrons. The lowest BCUT2D eigenvalue weighted by Crippen LogP contribution is -2.60. The fourth-order valence-electron chi connectivity index (χ4n) is 8.40. The van der Waals surface area contributed by atoms with Crippen LogP contribution in [0.25, 0.3) is 0 Å². The molecule has 0 aliphatic carbocycles. The SMILES string of the molecule is CC/C=C\C/C=C\C/C=C\C/C=C\C/C=C\C/C=C\C/C=C\CCCCCCCCCCCCCC(=O)NC(COC1OC(CO)C(O)C(O)C1O)C(O)/C=C/CC/C=C/CC/C=C/CCCCCCCCC. The molecule has 1 aliphatic heterocycles. The van der Waals surface area contributed by atoms with Crippen LogP contribution in [0.4, 0.5) is 0 Å². The molecular weight excluding hydrogens is 911 g/mol. The van der Waals surface area contributed by atoms with Crippen molar-refractivity contribution in [3.8, 4) is 0 Å². The lowest BCUT2D eigenvalue weighted by molar-refractivity contribution is -0.302. The quantitative estimate of drug-likeness (QED) is 0.0261. The van der Waals surface area contributed by atoms with Gasteiger partial charge in [0.05, 0.1) is 25.4 Å². The predicted octanol–water partition coefficient (Wildman–Crippen LogP) is 14.7. The predicted molar refractivity (Wildman–Crippen MR) is 308 cm³/mol. The third kappa shape index (κ3) is 41.5. The Morgan fingerprint density at radius 3 is 1.32 bits per heavy atom. The van der Waals surface area contributed by atoms with Gasteiger partial charge < -0.3 is 40.3 Å². The van der Waals surface area contributed by atoms with Crippen LogP contribution in [0.1, 0.15) is 219 Å². The highest BCUT2D eigenvalue weighted by Gasteiger charge is 2.44. The lowest BCUT2D eigenvalue weighted by Gasteiger charge is -2.40. The van der Waals surface area contributed by atoms with Gasteiger partial charge in [0.25, 0.3) is 0 Å². The molecule has 1 amide bonds. The van der Waals surface area contributed by atoms with Gasteiger partial charge in [0.2, 0.25) is 5.91 Å². The summed E-state index contributed by atoms with van der Waals surface area (Å²) in [5.41, 5.74) is 0. The van der Waals surface area contributed by atoms with Crippen LogP contribution in [-0.4, -0.2) is 87.5 Å². The molecule has 1 fully saturated rings. The first-order valence-corrected chi connectivity index (χ1v) is 29.3. The molecule has 0 aromatic heterocycles. The van der Waals surface area contributed by atoms with E-state index in [0.717, 1.165) is 109 Å². The molecule has 1 heterocycles. The number of aliphatic hydroxyl groups is 5. The molecule has 9 nitrogen and oxygen atoms in total. The van der Waals surface area contributed by atoms with Crippen molar-refractivity contribution in [1.29, 1.82) is 0 Å². The van der Waals surface area contributed by atoms with Crippen molar-refractivity contribution in [2.45, 2.75) is 262 Å². The molecule has 0 radical (unpaired) electrons. The number of amides is 1. The zero-order valence-corrected chi connectivity index (χ0v) is 46.1. The van der Waals surface area contributed by atoms with Crippen molar-refractivity contribution >= 4 is 5.91 Å². The van der Waals surface area contributed by atoms with E-state index in [1.54, 1.807) is 6.08 Å². The minimum absolute atomic E-state index is 0.199. The molecule has 0 spiro atoms. The number of hydrogen-bond acceptors (Lipinski definition) is 8. The van der Waals surface area contributed by atoms with Gasteiger partial charge in [0, 0.05) is 6.42 Å². The summed E-state index contributed by atoms with van der Waals surface area (Å²) >= 11 is 0. The zero-order valence-electron chi connectivity index (χ0n) is 46.1. The molecule has 0 saturated carbocycles. The fourth-order valence-corrected chi connectivity index (χ4v) is 8.40. The minimum atomic E-state index is -1.58. The van der Waals surface area contributed by atoms with E-state index >= 15 is 0 Å². The van der Waals surface area contributed by atoms with E-state index in [9.17, 15) is 30.3 Å². The molecule has 6 N–H and O–H groups in total. The molecule has 7 unspecified atom stereocenters. The normalized spacial score (nSPS) is 20.0. The lowest BCUT2D eigenvalue weighted by atomic mass is 9.99. The Morgan fingerprint density at radius 1 is 0.479 bits per heavy atom. The summed E-state index contributed by atoms with van der Waals surface area (Å²) in [6.45, 7) is 3.62. The van der Waals surface area contributed by atoms with Crippen LogP contribution < -0.4 is 5.32 Å². The highest BCUT2D eigenvalue weighted by molar-refractivity contribution is 5.76. The topological polar surface area (TPSA) is 149 Å². The maximum Gasteiger partial charge on any atom is 0.220 e. The number of hydrogen-bond donors (Lipinski definition) is 6. The second-order valence-electron chi connectivity index (χ2n) is 19.7. The Kier molecular flexibility index (Phi) is 48.2. The molecule has 0 bridgehead atoms. The Balaban J connectivity index is 2.22. The van der Waals surface area contributed by atoms with Gasteiger partial charge in [0.15, 0.2) is 6.29 Å². The van der Waals surface area contributed by atoms with Crippen LogP contribution in [0.15, 0.2) is 122 Å². The van der Waals surface area contributed by atoms with E-state index in [4.69, 9.17) is 9.47 Å². The summed E-state index contributed by atoms with van der Waals surface area (Å²) in [7, 11) is 0. The number of carbonyl (C=O) groups is 1. The summed E-state index contributed by atoms with van der Waals surface area (Å²) in [4.78, 5) is 13.1. The van der Waals surface area contributed by atoms with Crippen molar-refractivity contribution in [3.05, 3.63) is 122 Å². The van der Waals surface area contributed by atoms with Crippen LogP contribution in [0.3, 0.4) is 0 Å². The van der Waals surface area contributed by atoms with E-state index in [0.29, 0.717) is 6.42 Å². The van der Waals surface area contributed by atoms with E-state index in [-0.39, 0.29) is 12.5 Å². The van der Waals surface area contributed by atoms with Gasteiger partial charge in [-0.3, -0.25) is 4.79 Å². The summed E-state index contributed by atoms with van der Waals surface area (Å²) in [5.74, 6) is -0.199. The van der Waals surface area contributed by atoms with Gasteiger partial charge in [-0.1, -0.05) is 232 Å².